The van der Waals surface area contributed by atoms with Gasteiger partial charge in [-0.05, 0) is 18.2 Å². The Bertz CT molecular complexity index is 657. The molecule has 0 spiro atoms. The molecule has 0 saturated carbocycles. The number of rotatable bonds is 5. The van der Waals surface area contributed by atoms with Crippen molar-refractivity contribution in [3.8, 4) is 5.75 Å². The molecule has 110 valence electrons. The predicted octanol–water partition coefficient (Wildman–Crippen LogP) is 3.50. The molecule has 0 fully saturated rings. The molecule has 1 aromatic carbocycles. The van der Waals surface area contributed by atoms with E-state index in [1.807, 2.05) is 12.1 Å². The molecule has 1 aromatic heterocycles. The van der Waals surface area contributed by atoms with E-state index in [0.717, 1.165) is 5.69 Å². The number of H-pyrrole nitrogens is 1. The second kappa shape index (κ2) is 7.36. The van der Waals surface area contributed by atoms with Crippen LogP contribution in [0.3, 0.4) is 0 Å². The first kappa shape index (κ1) is 15.7. The fourth-order valence-electron chi connectivity index (χ4n) is 1.39. The molecule has 1 heterocycles. The van der Waals surface area contributed by atoms with Gasteiger partial charge in [0.1, 0.15) is 5.75 Å². The first-order chi connectivity index (χ1) is 10.1. The van der Waals surface area contributed by atoms with Gasteiger partial charge in [-0.1, -0.05) is 34.8 Å². The summed E-state index contributed by atoms with van der Waals surface area (Å²) >= 11 is 17.6. The number of carbonyl (C=O) groups excluding carboxylic acids is 1. The van der Waals surface area contributed by atoms with Gasteiger partial charge < -0.3 is 9.72 Å². The number of aromatic amines is 1. The van der Waals surface area contributed by atoms with Gasteiger partial charge in [0.15, 0.2) is 6.61 Å². The van der Waals surface area contributed by atoms with Crippen LogP contribution in [0.4, 0.5) is 0 Å². The largest absolute Gasteiger partial charge is 0.482 e. The lowest BCUT2D eigenvalue weighted by atomic mass is 10.3. The summed E-state index contributed by atoms with van der Waals surface area (Å²) in [5.41, 5.74) is 3.09. The number of hydrazone groups is 1. The molecular formula is C13H10Cl3N3O2. The van der Waals surface area contributed by atoms with Crippen LogP contribution in [-0.4, -0.2) is 23.7 Å². The molecular weight excluding hydrogens is 337 g/mol. The van der Waals surface area contributed by atoms with Crippen molar-refractivity contribution in [3.63, 3.8) is 0 Å². The van der Waals surface area contributed by atoms with E-state index >= 15 is 0 Å². The highest BCUT2D eigenvalue weighted by Gasteiger charge is 2.09. The van der Waals surface area contributed by atoms with E-state index in [4.69, 9.17) is 39.5 Å². The van der Waals surface area contributed by atoms with Gasteiger partial charge in [-0.2, -0.15) is 5.10 Å². The van der Waals surface area contributed by atoms with Crippen molar-refractivity contribution in [2.45, 2.75) is 0 Å². The average molecular weight is 347 g/mol. The predicted molar refractivity (Wildman–Crippen MR) is 83.5 cm³/mol. The number of aromatic nitrogens is 1. The Hall–Kier alpha value is -1.69. The van der Waals surface area contributed by atoms with Crippen LogP contribution >= 0.6 is 34.8 Å². The molecule has 0 saturated heterocycles. The molecule has 0 unspecified atom stereocenters. The summed E-state index contributed by atoms with van der Waals surface area (Å²) in [6.07, 6.45) is 3.22. The average Bonchev–Trinajstić information content (AvgIpc) is 2.94. The summed E-state index contributed by atoms with van der Waals surface area (Å²) < 4.78 is 5.25. The number of amides is 1. The van der Waals surface area contributed by atoms with Crippen LogP contribution in [0.25, 0.3) is 0 Å². The van der Waals surface area contributed by atoms with E-state index in [1.165, 1.54) is 18.3 Å². The minimum atomic E-state index is -0.431. The molecule has 2 aromatic rings. The molecule has 5 nitrogen and oxygen atoms in total. The zero-order valence-corrected chi connectivity index (χ0v) is 12.8. The van der Waals surface area contributed by atoms with Crippen LogP contribution < -0.4 is 10.2 Å². The van der Waals surface area contributed by atoms with Crippen LogP contribution in [0.15, 0.2) is 35.6 Å². The highest BCUT2D eigenvalue weighted by Crippen LogP contribution is 2.33. The van der Waals surface area contributed by atoms with Gasteiger partial charge in [-0.25, -0.2) is 5.43 Å². The minimum Gasteiger partial charge on any atom is -0.482 e. The summed E-state index contributed by atoms with van der Waals surface area (Å²) in [5, 5.41) is 4.64. The topological polar surface area (TPSA) is 66.5 Å². The van der Waals surface area contributed by atoms with Gasteiger partial charge in [-0.15, -0.1) is 0 Å². The maximum Gasteiger partial charge on any atom is 0.277 e. The lowest BCUT2D eigenvalue weighted by Crippen LogP contribution is -2.24. The Kier molecular flexibility index (Phi) is 5.50. The first-order valence-corrected chi connectivity index (χ1v) is 6.92. The monoisotopic (exact) mass is 345 g/mol. The van der Waals surface area contributed by atoms with Gasteiger partial charge in [-0.3, -0.25) is 4.79 Å². The Morgan fingerprint density at radius 1 is 1.29 bits per heavy atom. The van der Waals surface area contributed by atoms with Gasteiger partial charge in [0.05, 0.1) is 27.0 Å². The van der Waals surface area contributed by atoms with E-state index in [2.05, 4.69) is 15.5 Å². The van der Waals surface area contributed by atoms with E-state index < -0.39 is 5.91 Å². The lowest BCUT2D eigenvalue weighted by molar-refractivity contribution is -0.123. The number of carbonyl (C=O) groups is 1. The van der Waals surface area contributed by atoms with Gasteiger partial charge >= 0.3 is 0 Å². The van der Waals surface area contributed by atoms with E-state index in [-0.39, 0.29) is 17.4 Å². The number of nitrogens with one attached hydrogen (secondary N) is 2. The molecule has 0 aliphatic carbocycles. The normalized spacial score (nSPS) is 10.8. The number of nitrogens with zero attached hydrogens (tertiary/aromatic N) is 1. The molecule has 0 bridgehead atoms. The van der Waals surface area contributed by atoms with Crippen molar-refractivity contribution in [3.05, 3.63) is 51.2 Å². The molecule has 2 rings (SSSR count). The highest BCUT2D eigenvalue weighted by atomic mass is 35.5. The molecule has 0 atom stereocenters. The third-order valence-electron chi connectivity index (χ3n) is 2.35. The third kappa shape index (κ3) is 4.67. The first-order valence-electron chi connectivity index (χ1n) is 5.79. The highest BCUT2D eigenvalue weighted by molar-refractivity contribution is 6.43. The molecule has 8 heteroatoms. The van der Waals surface area contributed by atoms with E-state index in [0.29, 0.717) is 10.0 Å². The Balaban J connectivity index is 1.85. The van der Waals surface area contributed by atoms with Crippen LogP contribution in [0, 0.1) is 0 Å². The number of hydrogen-bond donors (Lipinski definition) is 2. The lowest BCUT2D eigenvalue weighted by Gasteiger charge is -2.08. The zero-order valence-electron chi connectivity index (χ0n) is 10.6. The number of ether oxygens (including phenoxy) is 1. The maximum absolute atomic E-state index is 11.5. The minimum absolute atomic E-state index is 0.250. The molecule has 0 radical (unpaired) electrons. The third-order valence-corrected chi connectivity index (χ3v) is 3.37. The Morgan fingerprint density at radius 2 is 2.05 bits per heavy atom. The number of benzene rings is 1. The summed E-state index contributed by atoms with van der Waals surface area (Å²) in [7, 11) is 0. The van der Waals surface area contributed by atoms with Crippen molar-refractivity contribution >= 4 is 46.9 Å². The van der Waals surface area contributed by atoms with Crippen molar-refractivity contribution in [1.29, 1.82) is 0 Å². The molecule has 0 aliphatic rings. The van der Waals surface area contributed by atoms with Crippen LogP contribution in [0.2, 0.25) is 15.1 Å². The maximum atomic E-state index is 11.5. The van der Waals surface area contributed by atoms with Crippen LogP contribution in [0.1, 0.15) is 5.69 Å². The fourth-order valence-corrected chi connectivity index (χ4v) is 1.98. The summed E-state index contributed by atoms with van der Waals surface area (Å²) in [5.74, 6) is -0.158. The van der Waals surface area contributed by atoms with E-state index in [9.17, 15) is 4.79 Å². The Morgan fingerprint density at radius 3 is 2.76 bits per heavy atom. The van der Waals surface area contributed by atoms with Crippen molar-refractivity contribution in [2.24, 2.45) is 5.10 Å². The zero-order chi connectivity index (χ0) is 15.2. The molecule has 21 heavy (non-hydrogen) atoms. The fraction of sp³-hybridized carbons (Fsp3) is 0.0769. The smallest absolute Gasteiger partial charge is 0.277 e. The van der Waals surface area contributed by atoms with Crippen molar-refractivity contribution in [2.75, 3.05) is 6.61 Å². The van der Waals surface area contributed by atoms with Gasteiger partial charge in [0.2, 0.25) is 0 Å². The standard InChI is InChI=1S/C13H10Cl3N3O2/c14-9-4-11(16)12(5-10(9)15)21-7-13(20)19-18-6-8-2-1-3-17-8/h1-6,17H,7H2,(H,19,20). The molecule has 1 amide bonds. The second-order valence-electron chi connectivity index (χ2n) is 3.90. The molecule has 2 N–H and O–H groups in total. The van der Waals surface area contributed by atoms with Crippen LogP contribution in [-0.2, 0) is 4.79 Å². The summed E-state index contributed by atoms with van der Waals surface area (Å²) in [6.45, 7) is -0.250. The quantitative estimate of drug-likeness (QED) is 0.494. The number of halogens is 3. The Labute approximate surface area is 135 Å². The van der Waals surface area contributed by atoms with Crippen LogP contribution in [0.5, 0.6) is 5.75 Å². The van der Waals surface area contributed by atoms with Gasteiger partial charge in [0.25, 0.3) is 5.91 Å². The van der Waals surface area contributed by atoms with Gasteiger partial charge in [0, 0.05) is 12.3 Å². The number of hydrogen-bond acceptors (Lipinski definition) is 3. The SMILES string of the molecule is O=C(COc1cc(Cl)c(Cl)cc1Cl)NN=Cc1ccc[nH]1. The molecule has 0 aliphatic heterocycles. The summed E-state index contributed by atoms with van der Waals surface area (Å²) in [6, 6.07) is 6.52. The van der Waals surface area contributed by atoms with Crippen molar-refractivity contribution in [1.82, 2.24) is 10.4 Å². The van der Waals surface area contributed by atoms with E-state index in [1.54, 1.807) is 6.20 Å². The second-order valence-corrected chi connectivity index (χ2v) is 5.13. The summed E-state index contributed by atoms with van der Waals surface area (Å²) in [4.78, 5) is 14.5. The van der Waals surface area contributed by atoms with Crippen molar-refractivity contribution < 1.29 is 9.53 Å².